The SMILES string of the molecule is [C-]#[N+]c1ccc2c3c([nH]c2c1)CCNC3. The van der Waals surface area contributed by atoms with E-state index in [1.54, 1.807) is 0 Å². The number of hydrogen-bond acceptors (Lipinski definition) is 1. The van der Waals surface area contributed by atoms with Crippen molar-refractivity contribution in [3.63, 3.8) is 0 Å². The van der Waals surface area contributed by atoms with Gasteiger partial charge in [0.2, 0.25) is 0 Å². The molecule has 0 saturated carbocycles. The number of benzene rings is 1. The second kappa shape index (κ2) is 3.11. The van der Waals surface area contributed by atoms with E-state index in [0.29, 0.717) is 5.69 Å². The summed E-state index contributed by atoms with van der Waals surface area (Å²) >= 11 is 0. The lowest BCUT2D eigenvalue weighted by molar-refractivity contribution is 0.641. The molecule has 0 unspecified atom stereocenters. The third-order valence-corrected chi connectivity index (χ3v) is 2.96. The van der Waals surface area contributed by atoms with Crippen molar-refractivity contribution in [2.24, 2.45) is 0 Å². The van der Waals surface area contributed by atoms with Crippen LogP contribution in [0.3, 0.4) is 0 Å². The summed E-state index contributed by atoms with van der Waals surface area (Å²) in [6.45, 7) is 8.95. The molecule has 0 saturated heterocycles. The monoisotopic (exact) mass is 197 g/mol. The fraction of sp³-hybridized carbons (Fsp3) is 0.250. The zero-order chi connectivity index (χ0) is 10.3. The van der Waals surface area contributed by atoms with Crippen molar-refractivity contribution in [3.05, 3.63) is 40.9 Å². The van der Waals surface area contributed by atoms with Crippen molar-refractivity contribution in [2.75, 3.05) is 6.54 Å². The van der Waals surface area contributed by atoms with Crippen LogP contribution in [-0.2, 0) is 13.0 Å². The van der Waals surface area contributed by atoms with Gasteiger partial charge in [-0.25, -0.2) is 4.85 Å². The maximum Gasteiger partial charge on any atom is 0.189 e. The Kier molecular flexibility index (Phi) is 1.77. The summed E-state index contributed by atoms with van der Waals surface area (Å²) in [7, 11) is 0. The molecule has 0 bridgehead atoms. The van der Waals surface area contributed by atoms with Gasteiger partial charge in [-0.15, -0.1) is 0 Å². The highest BCUT2D eigenvalue weighted by Crippen LogP contribution is 2.27. The van der Waals surface area contributed by atoms with Gasteiger partial charge in [0.15, 0.2) is 5.69 Å². The van der Waals surface area contributed by atoms with Gasteiger partial charge >= 0.3 is 0 Å². The third-order valence-electron chi connectivity index (χ3n) is 2.96. The van der Waals surface area contributed by atoms with E-state index in [9.17, 15) is 0 Å². The second-order valence-electron chi connectivity index (χ2n) is 3.85. The van der Waals surface area contributed by atoms with E-state index in [2.05, 4.69) is 15.1 Å². The topological polar surface area (TPSA) is 32.2 Å². The molecular formula is C12H11N3. The fourth-order valence-electron chi connectivity index (χ4n) is 2.21. The second-order valence-corrected chi connectivity index (χ2v) is 3.85. The zero-order valence-corrected chi connectivity index (χ0v) is 8.30. The maximum absolute atomic E-state index is 6.98. The van der Waals surface area contributed by atoms with E-state index in [4.69, 9.17) is 6.57 Å². The Balaban J connectivity index is 2.28. The molecule has 3 nitrogen and oxygen atoms in total. The highest BCUT2D eigenvalue weighted by atomic mass is 14.9. The largest absolute Gasteiger partial charge is 0.359 e. The van der Waals surface area contributed by atoms with E-state index in [1.807, 2.05) is 18.2 Å². The molecule has 0 radical (unpaired) electrons. The van der Waals surface area contributed by atoms with Gasteiger partial charge in [-0.05, 0) is 11.6 Å². The van der Waals surface area contributed by atoms with Crippen molar-refractivity contribution >= 4 is 16.6 Å². The van der Waals surface area contributed by atoms with Crippen molar-refractivity contribution in [1.29, 1.82) is 0 Å². The molecule has 74 valence electrons. The van der Waals surface area contributed by atoms with Crippen LogP contribution < -0.4 is 5.32 Å². The van der Waals surface area contributed by atoms with E-state index < -0.39 is 0 Å². The predicted octanol–water partition coefficient (Wildman–Crippen LogP) is 2.36. The van der Waals surface area contributed by atoms with Crippen molar-refractivity contribution < 1.29 is 0 Å². The van der Waals surface area contributed by atoms with Gasteiger partial charge in [0, 0.05) is 36.1 Å². The highest BCUT2D eigenvalue weighted by molar-refractivity contribution is 5.87. The number of aromatic amines is 1. The van der Waals surface area contributed by atoms with Gasteiger partial charge in [-0.1, -0.05) is 12.1 Å². The number of nitrogens with one attached hydrogen (secondary N) is 2. The summed E-state index contributed by atoms with van der Waals surface area (Å²) in [6, 6.07) is 5.86. The van der Waals surface area contributed by atoms with Gasteiger partial charge in [0.05, 0.1) is 6.57 Å². The molecule has 1 aliphatic heterocycles. The smallest absolute Gasteiger partial charge is 0.189 e. The first-order valence-corrected chi connectivity index (χ1v) is 5.10. The third kappa shape index (κ3) is 1.23. The molecular weight excluding hydrogens is 186 g/mol. The molecule has 15 heavy (non-hydrogen) atoms. The molecule has 0 fully saturated rings. The van der Waals surface area contributed by atoms with Crippen LogP contribution in [-0.4, -0.2) is 11.5 Å². The lowest BCUT2D eigenvalue weighted by atomic mass is 10.1. The molecule has 3 heteroatoms. The molecule has 2 aromatic rings. The Labute approximate surface area is 87.9 Å². The number of rotatable bonds is 0. The van der Waals surface area contributed by atoms with Gasteiger partial charge < -0.3 is 10.3 Å². The molecule has 0 spiro atoms. The van der Waals surface area contributed by atoms with Gasteiger partial charge in [-0.3, -0.25) is 0 Å². The first-order valence-electron chi connectivity index (χ1n) is 5.10. The van der Waals surface area contributed by atoms with E-state index in [1.165, 1.54) is 16.6 Å². The highest BCUT2D eigenvalue weighted by Gasteiger charge is 2.14. The molecule has 0 amide bonds. The summed E-state index contributed by atoms with van der Waals surface area (Å²) in [5, 5.41) is 4.62. The Morgan fingerprint density at radius 2 is 2.27 bits per heavy atom. The van der Waals surface area contributed by atoms with Gasteiger partial charge in [0.1, 0.15) is 0 Å². The van der Waals surface area contributed by atoms with Crippen molar-refractivity contribution in [1.82, 2.24) is 10.3 Å². The summed E-state index contributed by atoms with van der Waals surface area (Å²) < 4.78 is 0. The van der Waals surface area contributed by atoms with Gasteiger partial charge in [0.25, 0.3) is 0 Å². The molecule has 0 atom stereocenters. The Bertz CT molecular complexity index is 560. The summed E-state index contributed by atoms with van der Waals surface area (Å²) in [6.07, 6.45) is 1.05. The standard InChI is InChI=1S/C12H11N3/c1-13-8-2-3-9-10-7-14-5-4-11(10)15-12(9)6-8/h2-3,6,14-15H,4-5,7H2. The van der Waals surface area contributed by atoms with Crippen LogP contribution in [0.1, 0.15) is 11.3 Å². The Morgan fingerprint density at radius 1 is 1.33 bits per heavy atom. The van der Waals surface area contributed by atoms with Crippen molar-refractivity contribution in [3.8, 4) is 0 Å². The molecule has 1 aromatic heterocycles. The lowest BCUT2D eigenvalue weighted by Gasteiger charge is -2.12. The van der Waals surface area contributed by atoms with Gasteiger partial charge in [-0.2, -0.15) is 0 Å². The first kappa shape index (κ1) is 8.51. The lowest BCUT2D eigenvalue weighted by Crippen LogP contribution is -2.22. The van der Waals surface area contributed by atoms with Crippen LogP contribution in [0.2, 0.25) is 0 Å². The minimum atomic E-state index is 0.703. The molecule has 1 aliphatic rings. The minimum Gasteiger partial charge on any atom is -0.359 e. The van der Waals surface area contributed by atoms with E-state index in [0.717, 1.165) is 25.0 Å². The number of fused-ring (bicyclic) bond motifs is 3. The van der Waals surface area contributed by atoms with Crippen molar-refractivity contribution in [2.45, 2.75) is 13.0 Å². The number of H-pyrrole nitrogens is 1. The van der Waals surface area contributed by atoms with Crippen LogP contribution in [0.4, 0.5) is 5.69 Å². The molecule has 2 heterocycles. The summed E-state index contributed by atoms with van der Waals surface area (Å²) in [5.74, 6) is 0. The van der Waals surface area contributed by atoms with E-state index >= 15 is 0 Å². The fourth-order valence-corrected chi connectivity index (χ4v) is 2.21. The average Bonchev–Trinajstić information content (AvgIpc) is 2.66. The Morgan fingerprint density at radius 3 is 3.13 bits per heavy atom. The quantitative estimate of drug-likeness (QED) is 0.624. The number of hydrogen-bond donors (Lipinski definition) is 2. The summed E-state index contributed by atoms with van der Waals surface area (Å²) in [5.41, 5.74) is 4.49. The minimum absolute atomic E-state index is 0.703. The van der Waals surface area contributed by atoms with Crippen LogP contribution in [0.25, 0.3) is 15.7 Å². The number of aromatic nitrogens is 1. The normalized spacial score (nSPS) is 14.9. The first-order chi connectivity index (χ1) is 7.38. The average molecular weight is 197 g/mol. The van der Waals surface area contributed by atoms with Crippen LogP contribution >= 0.6 is 0 Å². The number of nitrogens with zero attached hydrogens (tertiary/aromatic N) is 1. The molecule has 0 aliphatic carbocycles. The van der Waals surface area contributed by atoms with Crippen LogP contribution in [0, 0.1) is 6.57 Å². The summed E-state index contributed by atoms with van der Waals surface area (Å²) in [4.78, 5) is 6.85. The zero-order valence-electron chi connectivity index (χ0n) is 8.30. The van der Waals surface area contributed by atoms with E-state index in [-0.39, 0.29) is 0 Å². The Hall–Kier alpha value is -1.79. The molecule has 1 aromatic carbocycles. The molecule has 3 rings (SSSR count). The maximum atomic E-state index is 6.98. The predicted molar refractivity (Wildman–Crippen MR) is 60.0 cm³/mol. The van der Waals surface area contributed by atoms with Crippen LogP contribution in [0.15, 0.2) is 18.2 Å². The molecule has 2 N–H and O–H groups in total. The van der Waals surface area contributed by atoms with Crippen LogP contribution in [0.5, 0.6) is 0 Å².